The Hall–Kier alpha value is -3.67. The first-order chi connectivity index (χ1) is 13.5. The molecule has 0 radical (unpaired) electrons. The van der Waals surface area contributed by atoms with Gasteiger partial charge in [0.2, 0.25) is 5.91 Å². The Labute approximate surface area is 164 Å². The molecule has 0 saturated heterocycles. The quantitative estimate of drug-likeness (QED) is 0.601. The lowest BCUT2D eigenvalue weighted by atomic mass is 10.1. The zero-order valence-electron chi connectivity index (χ0n) is 15.8. The molecule has 2 aromatic carbocycles. The molecule has 3 rings (SSSR count). The highest BCUT2D eigenvalue weighted by Gasteiger charge is 2.12. The van der Waals surface area contributed by atoms with Gasteiger partial charge in [-0.05, 0) is 42.8 Å². The van der Waals surface area contributed by atoms with Gasteiger partial charge in [0.15, 0.2) is 0 Å². The Morgan fingerprint density at radius 3 is 2.43 bits per heavy atom. The minimum atomic E-state index is -0.172. The van der Waals surface area contributed by atoms with Crippen molar-refractivity contribution in [1.82, 2.24) is 10.3 Å². The first-order valence-electron chi connectivity index (χ1n) is 8.98. The smallest absolute Gasteiger partial charge is 0.251 e. The van der Waals surface area contributed by atoms with Crippen molar-refractivity contribution in [2.24, 2.45) is 0 Å². The van der Waals surface area contributed by atoms with Crippen molar-refractivity contribution in [3.63, 3.8) is 0 Å². The largest absolute Gasteiger partial charge is 0.346 e. The number of anilines is 3. The van der Waals surface area contributed by atoms with Gasteiger partial charge >= 0.3 is 0 Å². The fourth-order valence-corrected chi connectivity index (χ4v) is 2.77. The lowest BCUT2D eigenvalue weighted by Crippen LogP contribution is -2.26. The predicted octanol–water partition coefficient (Wildman–Crippen LogP) is 4.27. The van der Waals surface area contributed by atoms with E-state index in [0.29, 0.717) is 17.1 Å². The summed E-state index contributed by atoms with van der Waals surface area (Å²) in [6.45, 7) is 3.40. The number of amides is 2. The van der Waals surface area contributed by atoms with E-state index >= 15 is 0 Å². The summed E-state index contributed by atoms with van der Waals surface area (Å²) in [6, 6.07) is 20.3. The molecule has 1 aromatic heterocycles. The molecule has 1 heterocycles. The van der Waals surface area contributed by atoms with E-state index in [4.69, 9.17) is 0 Å². The number of hydrogen-bond acceptors (Lipinski definition) is 4. The van der Waals surface area contributed by atoms with Crippen molar-refractivity contribution in [2.75, 3.05) is 10.6 Å². The molecule has 6 heteroatoms. The van der Waals surface area contributed by atoms with Crippen molar-refractivity contribution < 1.29 is 9.59 Å². The monoisotopic (exact) mass is 374 g/mol. The minimum Gasteiger partial charge on any atom is -0.346 e. The number of carbonyl (C=O) groups is 2. The molecular formula is C22H22N4O2. The number of nitrogens with one attached hydrogen (secondary N) is 3. The maximum atomic E-state index is 12.6. The summed E-state index contributed by atoms with van der Waals surface area (Å²) in [7, 11) is 0. The van der Waals surface area contributed by atoms with Crippen molar-refractivity contribution in [3.8, 4) is 0 Å². The van der Waals surface area contributed by atoms with E-state index in [2.05, 4.69) is 20.9 Å². The molecule has 6 nitrogen and oxygen atoms in total. The van der Waals surface area contributed by atoms with E-state index in [0.717, 1.165) is 11.3 Å². The predicted molar refractivity (Wildman–Crippen MR) is 111 cm³/mol. The Kier molecular flexibility index (Phi) is 6.01. The second kappa shape index (κ2) is 8.81. The summed E-state index contributed by atoms with van der Waals surface area (Å²) in [6.07, 6.45) is 1.59. The van der Waals surface area contributed by atoms with Crippen molar-refractivity contribution >= 4 is 29.0 Å². The van der Waals surface area contributed by atoms with Crippen LogP contribution in [-0.4, -0.2) is 16.8 Å². The van der Waals surface area contributed by atoms with Crippen LogP contribution in [0.2, 0.25) is 0 Å². The molecule has 1 unspecified atom stereocenters. The molecule has 3 aromatic rings. The van der Waals surface area contributed by atoms with E-state index in [1.807, 2.05) is 49.4 Å². The van der Waals surface area contributed by atoms with Crippen LogP contribution in [0, 0.1) is 0 Å². The first kappa shape index (κ1) is 19.1. The Morgan fingerprint density at radius 1 is 0.929 bits per heavy atom. The number of hydrogen-bond donors (Lipinski definition) is 3. The van der Waals surface area contributed by atoms with Gasteiger partial charge in [0, 0.05) is 30.1 Å². The number of aromatic nitrogens is 1. The van der Waals surface area contributed by atoms with Crippen LogP contribution in [0.1, 0.15) is 35.8 Å². The van der Waals surface area contributed by atoms with Crippen molar-refractivity contribution in [2.45, 2.75) is 19.9 Å². The van der Waals surface area contributed by atoms with E-state index in [9.17, 15) is 9.59 Å². The van der Waals surface area contributed by atoms with Gasteiger partial charge in [0.1, 0.15) is 5.82 Å². The minimum absolute atomic E-state index is 0.104. The van der Waals surface area contributed by atoms with Gasteiger partial charge in [0.05, 0.1) is 6.04 Å². The standard InChI is InChI=1S/C22H22N4O2/c1-15(17-7-4-3-5-8-17)24-22(28)18-11-12-23-21(13-18)26-20-10-6-9-19(14-20)25-16(2)27/h3-15H,1-2H3,(H,23,26)(H,24,28)(H,25,27). The van der Waals surface area contributed by atoms with Crippen LogP contribution in [0.25, 0.3) is 0 Å². The SMILES string of the molecule is CC(=O)Nc1cccc(Nc2cc(C(=O)NC(C)c3ccccc3)ccn2)c1. The lowest BCUT2D eigenvalue weighted by Gasteiger charge is -2.15. The highest BCUT2D eigenvalue weighted by atomic mass is 16.2. The molecule has 0 saturated carbocycles. The summed E-state index contributed by atoms with van der Waals surface area (Å²) < 4.78 is 0. The molecule has 142 valence electrons. The van der Waals surface area contributed by atoms with Crippen LogP contribution in [-0.2, 0) is 4.79 Å². The summed E-state index contributed by atoms with van der Waals surface area (Å²) in [5.74, 6) is 0.232. The average Bonchev–Trinajstić information content (AvgIpc) is 2.68. The number of rotatable bonds is 6. The second-order valence-electron chi connectivity index (χ2n) is 6.42. The number of carbonyl (C=O) groups excluding carboxylic acids is 2. The Morgan fingerprint density at radius 2 is 1.68 bits per heavy atom. The zero-order valence-corrected chi connectivity index (χ0v) is 15.8. The number of pyridine rings is 1. The Bertz CT molecular complexity index is 973. The molecule has 0 aliphatic rings. The van der Waals surface area contributed by atoms with Crippen LogP contribution >= 0.6 is 0 Å². The summed E-state index contributed by atoms with van der Waals surface area (Å²) >= 11 is 0. The molecule has 1 atom stereocenters. The third kappa shape index (κ3) is 5.17. The topological polar surface area (TPSA) is 83.1 Å². The van der Waals surface area contributed by atoms with E-state index in [1.165, 1.54) is 6.92 Å². The van der Waals surface area contributed by atoms with Crippen LogP contribution < -0.4 is 16.0 Å². The molecule has 0 aliphatic heterocycles. The van der Waals surface area contributed by atoms with Gasteiger partial charge in [-0.1, -0.05) is 36.4 Å². The van der Waals surface area contributed by atoms with E-state index in [-0.39, 0.29) is 17.9 Å². The fraction of sp³-hybridized carbons (Fsp3) is 0.136. The highest BCUT2D eigenvalue weighted by molar-refractivity contribution is 5.95. The zero-order chi connectivity index (χ0) is 19.9. The average molecular weight is 374 g/mol. The lowest BCUT2D eigenvalue weighted by molar-refractivity contribution is -0.114. The normalized spacial score (nSPS) is 11.4. The summed E-state index contributed by atoms with van der Waals surface area (Å²) in [5.41, 5.74) is 2.99. The number of benzene rings is 2. The van der Waals surface area contributed by atoms with E-state index < -0.39 is 0 Å². The molecule has 0 aliphatic carbocycles. The van der Waals surface area contributed by atoms with Gasteiger partial charge in [0.25, 0.3) is 5.91 Å². The molecule has 0 fully saturated rings. The highest BCUT2D eigenvalue weighted by Crippen LogP contribution is 2.20. The fourth-order valence-electron chi connectivity index (χ4n) is 2.77. The van der Waals surface area contributed by atoms with Gasteiger partial charge in [-0.2, -0.15) is 0 Å². The second-order valence-corrected chi connectivity index (χ2v) is 6.42. The summed E-state index contributed by atoms with van der Waals surface area (Å²) in [4.78, 5) is 28.1. The van der Waals surface area contributed by atoms with Gasteiger partial charge in [-0.3, -0.25) is 9.59 Å². The number of nitrogens with zero attached hydrogens (tertiary/aromatic N) is 1. The first-order valence-corrected chi connectivity index (χ1v) is 8.98. The van der Waals surface area contributed by atoms with Crippen LogP contribution in [0.15, 0.2) is 72.9 Å². The molecule has 3 N–H and O–H groups in total. The molecule has 0 bridgehead atoms. The van der Waals surface area contributed by atoms with Gasteiger partial charge in [-0.25, -0.2) is 4.98 Å². The van der Waals surface area contributed by atoms with Gasteiger partial charge < -0.3 is 16.0 Å². The third-order valence-corrected chi connectivity index (χ3v) is 4.12. The van der Waals surface area contributed by atoms with Gasteiger partial charge in [-0.15, -0.1) is 0 Å². The van der Waals surface area contributed by atoms with Crippen LogP contribution in [0.4, 0.5) is 17.2 Å². The summed E-state index contributed by atoms with van der Waals surface area (Å²) in [5, 5.41) is 8.88. The van der Waals surface area contributed by atoms with Crippen LogP contribution in [0.5, 0.6) is 0 Å². The molecular weight excluding hydrogens is 352 g/mol. The molecule has 28 heavy (non-hydrogen) atoms. The van der Waals surface area contributed by atoms with Crippen molar-refractivity contribution in [1.29, 1.82) is 0 Å². The molecule has 0 spiro atoms. The van der Waals surface area contributed by atoms with E-state index in [1.54, 1.807) is 30.5 Å². The Balaban J connectivity index is 1.70. The molecule has 2 amide bonds. The maximum Gasteiger partial charge on any atom is 0.251 e. The van der Waals surface area contributed by atoms with Crippen LogP contribution in [0.3, 0.4) is 0 Å². The third-order valence-electron chi connectivity index (χ3n) is 4.12. The van der Waals surface area contributed by atoms with Crippen molar-refractivity contribution in [3.05, 3.63) is 84.1 Å². The maximum absolute atomic E-state index is 12.6.